The van der Waals surface area contributed by atoms with Crippen molar-refractivity contribution in [3.8, 4) is 44.9 Å². The maximum absolute atomic E-state index is 6.39. The molecule has 0 aromatic heterocycles. The number of hydrogen-bond acceptors (Lipinski definition) is 1. The molecule has 8 aromatic carbocycles. The molecule has 0 aliphatic carbocycles. The molecular weight excluding hydrogens is 496 g/mol. The van der Waals surface area contributed by atoms with Gasteiger partial charge in [0.05, 0.1) is 0 Å². The van der Waals surface area contributed by atoms with Gasteiger partial charge in [0, 0.05) is 10.9 Å². The Labute approximate surface area is 237 Å². The van der Waals surface area contributed by atoms with Crippen molar-refractivity contribution < 1.29 is 4.74 Å². The molecule has 0 radical (unpaired) electrons. The fraction of sp³-hybridized carbons (Fsp3) is 0. The Kier molecular flexibility index (Phi) is 4.67. The lowest BCUT2D eigenvalue weighted by atomic mass is 9.87. The van der Waals surface area contributed by atoms with Gasteiger partial charge in [0.1, 0.15) is 11.5 Å². The zero-order valence-corrected chi connectivity index (χ0v) is 22.3. The van der Waals surface area contributed by atoms with Gasteiger partial charge < -0.3 is 4.74 Å². The fourth-order valence-corrected chi connectivity index (χ4v) is 6.81. The van der Waals surface area contributed by atoms with E-state index in [-0.39, 0.29) is 0 Å². The van der Waals surface area contributed by atoms with Gasteiger partial charge in [0.25, 0.3) is 0 Å². The van der Waals surface area contributed by atoms with Crippen molar-refractivity contribution in [3.63, 3.8) is 0 Å². The summed E-state index contributed by atoms with van der Waals surface area (Å²) in [5.74, 6) is 1.83. The highest BCUT2D eigenvalue weighted by Crippen LogP contribution is 2.48. The first-order valence-corrected chi connectivity index (χ1v) is 14.1. The Morgan fingerprint density at radius 3 is 2.02 bits per heavy atom. The molecule has 0 N–H and O–H groups in total. The molecule has 9 rings (SSSR count). The first-order valence-electron chi connectivity index (χ1n) is 14.1. The van der Waals surface area contributed by atoms with Crippen LogP contribution in [0.3, 0.4) is 0 Å². The van der Waals surface area contributed by atoms with E-state index in [1.807, 2.05) is 0 Å². The molecule has 0 spiro atoms. The van der Waals surface area contributed by atoms with Crippen molar-refractivity contribution >= 4 is 43.1 Å². The second kappa shape index (κ2) is 8.55. The second-order valence-electron chi connectivity index (χ2n) is 10.9. The van der Waals surface area contributed by atoms with E-state index in [9.17, 15) is 0 Å². The van der Waals surface area contributed by atoms with Gasteiger partial charge in [-0.25, -0.2) is 0 Å². The van der Waals surface area contributed by atoms with E-state index in [0.29, 0.717) is 0 Å². The molecule has 0 bridgehead atoms. The number of hydrogen-bond donors (Lipinski definition) is 0. The highest BCUT2D eigenvalue weighted by Gasteiger charge is 2.21. The lowest BCUT2D eigenvalue weighted by Crippen LogP contribution is -1.97. The van der Waals surface area contributed by atoms with Crippen LogP contribution in [0, 0.1) is 0 Å². The van der Waals surface area contributed by atoms with Crippen LogP contribution in [0.2, 0.25) is 0 Å². The smallest absolute Gasteiger partial charge is 0.135 e. The predicted molar refractivity (Wildman–Crippen MR) is 173 cm³/mol. The van der Waals surface area contributed by atoms with Crippen LogP contribution in [0.25, 0.3) is 76.5 Å². The summed E-state index contributed by atoms with van der Waals surface area (Å²) in [6.07, 6.45) is 0. The number of ether oxygens (including phenoxy) is 1. The summed E-state index contributed by atoms with van der Waals surface area (Å²) in [4.78, 5) is 0. The molecular formula is C40H24O. The Morgan fingerprint density at radius 1 is 0.341 bits per heavy atom. The largest absolute Gasteiger partial charge is 0.456 e. The minimum Gasteiger partial charge on any atom is -0.456 e. The number of benzene rings is 8. The minimum atomic E-state index is 0.906. The van der Waals surface area contributed by atoms with E-state index >= 15 is 0 Å². The van der Waals surface area contributed by atoms with Crippen molar-refractivity contribution in [2.24, 2.45) is 0 Å². The van der Waals surface area contributed by atoms with E-state index < -0.39 is 0 Å². The minimum absolute atomic E-state index is 0.906. The molecule has 1 aliphatic heterocycles. The SMILES string of the molecule is c1ccc(-c2c3ccccc3cc3ccc4c(-c5ccc6c(c5)-c5cccc7cccc(c57)O6)cccc4c23)cc1. The van der Waals surface area contributed by atoms with Gasteiger partial charge in [0.2, 0.25) is 0 Å². The van der Waals surface area contributed by atoms with Gasteiger partial charge in [-0.15, -0.1) is 0 Å². The lowest BCUT2D eigenvalue weighted by Gasteiger charge is -2.22. The highest BCUT2D eigenvalue weighted by atomic mass is 16.5. The van der Waals surface area contributed by atoms with Crippen LogP contribution in [0.4, 0.5) is 0 Å². The molecule has 8 aromatic rings. The third-order valence-corrected chi connectivity index (χ3v) is 8.61. The highest BCUT2D eigenvalue weighted by molar-refractivity contribution is 6.23. The topological polar surface area (TPSA) is 9.23 Å². The molecule has 1 nitrogen and oxygen atoms in total. The molecule has 41 heavy (non-hydrogen) atoms. The van der Waals surface area contributed by atoms with Gasteiger partial charge >= 0.3 is 0 Å². The first-order chi connectivity index (χ1) is 20.3. The monoisotopic (exact) mass is 520 g/mol. The van der Waals surface area contributed by atoms with Crippen LogP contribution < -0.4 is 4.74 Å². The van der Waals surface area contributed by atoms with Crippen LogP contribution >= 0.6 is 0 Å². The van der Waals surface area contributed by atoms with Gasteiger partial charge in [-0.1, -0.05) is 121 Å². The summed E-state index contributed by atoms with van der Waals surface area (Å²) < 4.78 is 6.39. The Balaban J connectivity index is 1.33. The van der Waals surface area contributed by atoms with Crippen molar-refractivity contribution in [1.82, 2.24) is 0 Å². The van der Waals surface area contributed by atoms with Crippen molar-refractivity contribution in [2.75, 3.05) is 0 Å². The average Bonchev–Trinajstić information content (AvgIpc) is 3.04. The standard InChI is InChI=1S/C40H24O/c1-2-9-26(10-3-1)39-31-14-5-4-11-27(31)23-29-19-21-32-30(15-8-17-33(32)40(29)39)28-20-22-36-35(24-28)34-16-6-12-25-13-7-18-37(41-36)38(25)34/h1-24H. The number of fused-ring (bicyclic) bond motifs is 6. The third-order valence-electron chi connectivity index (χ3n) is 8.61. The predicted octanol–water partition coefficient (Wildman–Crippen LogP) is 11.4. The molecule has 0 unspecified atom stereocenters. The maximum atomic E-state index is 6.39. The van der Waals surface area contributed by atoms with Gasteiger partial charge in [-0.05, 0) is 89.8 Å². The van der Waals surface area contributed by atoms with Crippen molar-refractivity contribution in [2.45, 2.75) is 0 Å². The summed E-state index contributed by atoms with van der Waals surface area (Å²) in [5.41, 5.74) is 7.32. The van der Waals surface area contributed by atoms with Crippen LogP contribution in [-0.2, 0) is 0 Å². The molecule has 1 heteroatoms. The maximum Gasteiger partial charge on any atom is 0.135 e. The van der Waals surface area contributed by atoms with Crippen LogP contribution in [-0.4, -0.2) is 0 Å². The van der Waals surface area contributed by atoms with Crippen LogP contribution in [0.1, 0.15) is 0 Å². The van der Waals surface area contributed by atoms with E-state index in [4.69, 9.17) is 4.74 Å². The van der Waals surface area contributed by atoms with Crippen molar-refractivity contribution in [3.05, 3.63) is 146 Å². The van der Waals surface area contributed by atoms with Gasteiger partial charge in [0.15, 0.2) is 0 Å². The summed E-state index contributed by atoms with van der Waals surface area (Å²) in [6, 6.07) is 52.6. The quantitative estimate of drug-likeness (QED) is 0.163. The summed E-state index contributed by atoms with van der Waals surface area (Å²) >= 11 is 0. The summed E-state index contributed by atoms with van der Waals surface area (Å²) in [7, 11) is 0. The summed E-state index contributed by atoms with van der Waals surface area (Å²) in [6.45, 7) is 0. The molecule has 0 atom stereocenters. The molecule has 1 aliphatic rings. The molecule has 0 saturated carbocycles. The zero-order valence-electron chi connectivity index (χ0n) is 22.3. The van der Waals surface area contributed by atoms with Gasteiger partial charge in [-0.3, -0.25) is 0 Å². The van der Waals surface area contributed by atoms with E-state index in [0.717, 1.165) is 17.1 Å². The Morgan fingerprint density at radius 2 is 1.10 bits per heavy atom. The van der Waals surface area contributed by atoms with Crippen LogP contribution in [0.15, 0.2) is 146 Å². The molecule has 1 heterocycles. The molecule has 0 amide bonds. The summed E-state index contributed by atoms with van der Waals surface area (Å²) in [5, 5.41) is 10.0. The normalized spacial score (nSPS) is 12.1. The average molecular weight is 521 g/mol. The van der Waals surface area contributed by atoms with E-state index in [1.54, 1.807) is 0 Å². The lowest BCUT2D eigenvalue weighted by molar-refractivity contribution is 0.487. The molecule has 190 valence electrons. The fourth-order valence-electron chi connectivity index (χ4n) is 6.81. The van der Waals surface area contributed by atoms with Gasteiger partial charge in [-0.2, -0.15) is 0 Å². The third kappa shape index (κ3) is 3.30. The second-order valence-corrected chi connectivity index (χ2v) is 10.9. The molecule has 0 fully saturated rings. The first kappa shape index (κ1) is 22.4. The Bertz CT molecular complexity index is 2320. The van der Waals surface area contributed by atoms with E-state index in [2.05, 4.69) is 146 Å². The van der Waals surface area contributed by atoms with Crippen LogP contribution in [0.5, 0.6) is 11.5 Å². The number of rotatable bonds is 2. The zero-order chi connectivity index (χ0) is 26.9. The Hall–Kier alpha value is -5.40. The van der Waals surface area contributed by atoms with Crippen molar-refractivity contribution in [1.29, 1.82) is 0 Å². The van der Waals surface area contributed by atoms with E-state index in [1.165, 1.54) is 70.9 Å². The molecule has 0 saturated heterocycles.